The Kier molecular flexibility index (Phi) is 6.32. The quantitative estimate of drug-likeness (QED) is 0.661. The summed E-state index contributed by atoms with van der Waals surface area (Å²) in [5.41, 5.74) is 3.96. The summed E-state index contributed by atoms with van der Waals surface area (Å²) < 4.78 is 1.68. The number of likely N-dealkylation sites (tertiary alicyclic amines) is 1. The van der Waals surface area contributed by atoms with Gasteiger partial charge >= 0.3 is 0 Å². The molecule has 3 heterocycles. The van der Waals surface area contributed by atoms with Gasteiger partial charge < -0.3 is 10.2 Å². The number of aromatic nitrogens is 4. The van der Waals surface area contributed by atoms with Crippen molar-refractivity contribution in [3.05, 3.63) is 53.1 Å². The molecule has 0 unspecified atom stereocenters. The smallest absolute Gasteiger partial charge is 0.252 e. The lowest BCUT2D eigenvalue weighted by Crippen LogP contribution is -2.36. The maximum atomic E-state index is 12.5. The van der Waals surface area contributed by atoms with Crippen LogP contribution in [0, 0.1) is 25.7 Å². The van der Waals surface area contributed by atoms with Crippen LogP contribution in [0.25, 0.3) is 5.78 Å². The number of benzene rings is 1. The average Bonchev–Trinajstić information content (AvgIpc) is 3.11. The summed E-state index contributed by atoms with van der Waals surface area (Å²) >= 11 is 0. The third kappa shape index (κ3) is 5.28. The molecule has 1 aliphatic rings. The number of hydrogen-bond donors (Lipinski definition) is 1. The molecule has 7 heteroatoms. The number of anilines is 1. The molecule has 2 atom stereocenters. The minimum atomic E-state index is -0.127. The van der Waals surface area contributed by atoms with E-state index in [-0.39, 0.29) is 12.3 Å². The molecule has 1 aromatic carbocycles. The van der Waals surface area contributed by atoms with Crippen LogP contribution in [0.4, 0.5) is 5.69 Å². The van der Waals surface area contributed by atoms with Crippen molar-refractivity contribution in [3.8, 4) is 0 Å². The van der Waals surface area contributed by atoms with Gasteiger partial charge in [0.15, 0.2) is 5.82 Å². The first-order valence-corrected chi connectivity index (χ1v) is 11.1. The minimum absolute atomic E-state index is 0.123. The summed E-state index contributed by atoms with van der Waals surface area (Å²) in [5.74, 6) is 2.44. The lowest BCUT2D eigenvalue weighted by atomic mass is 9.83. The van der Waals surface area contributed by atoms with E-state index in [0.29, 0.717) is 11.6 Å². The van der Waals surface area contributed by atoms with Crippen molar-refractivity contribution in [2.45, 2.75) is 46.5 Å². The van der Waals surface area contributed by atoms with E-state index in [1.54, 1.807) is 4.52 Å². The van der Waals surface area contributed by atoms with E-state index in [4.69, 9.17) is 0 Å². The summed E-state index contributed by atoms with van der Waals surface area (Å²) in [6.07, 6.45) is 3.73. The molecule has 3 aromatic rings. The number of rotatable bonds is 6. The first-order valence-electron chi connectivity index (χ1n) is 11.1. The first kappa shape index (κ1) is 21.4. The van der Waals surface area contributed by atoms with Gasteiger partial charge in [0.2, 0.25) is 5.91 Å². The number of carbonyl (C=O) groups is 1. The van der Waals surface area contributed by atoms with Crippen LogP contribution in [0.2, 0.25) is 0 Å². The molecule has 1 saturated heterocycles. The van der Waals surface area contributed by atoms with Gasteiger partial charge in [-0.3, -0.25) is 4.79 Å². The number of carbonyl (C=O) groups excluding carboxylic acids is 1. The lowest BCUT2D eigenvalue weighted by molar-refractivity contribution is -0.115. The zero-order chi connectivity index (χ0) is 22.0. The van der Waals surface area contributed by atoms with Crippen molar-refractivity contribution in [3.63, 3.8) is 0 Å². The average molecular weight is 421 g/mol. The van der Waals surface area contributed by atoms with E-state index < -0.39 is 0 Å². The van der Waals surface area contributed by atoms with Crippen molar-refractivity contribution < 1.29 is 4.79 Å². The second-order valence-electron chi connectivity index (χ2n) is 9.03. The van der Waals surface area contributed by atoms with Crippen molar-refractivity contribution in [1.82, 2.24) is 24.5 Å². The Bertz CT molecular complexity index is 1060. The fourth-order valence-corrected chi connectivity index (χ4v) is 4.57. The number of fused-ring (bicyclic) bond motifs is 1. The minimum Gasteiger partial charge on any atom is -0.326 e. The van der Waals surface area contributed by atoms with E-state index in [2.05, 4.69) is 51.4 Å². The van der Waals surface area contributed by atoms with Crippen LogP contribution in [0.3, 0.4) is 0 Å². The fraction of sp³-hybridized carbons (Fsp3) is 0.500. The highest BCUT2D eigenvalue weighted by atomic mass is 16.1. The maximum absolute atomic E-state index is 12.5. The summed E-state index contributed by atoms with van der Waals surface area (Å²) in [6, 6.07) is 10.2. The Labute approximate surface area is 183 Å². The molecule has 1 amide bonds. The van der Waals surface area contributed by atoms with E-state index in [0.717, 1.165) is 35.3 Å². The molecule has 4 rings (SSSR count). The Morgan fingerprint density at radius 2 is 1.97 bits per heavy atom. The molecule has 1 fully saturated rings. The number of hydrogen-bond acceptors (Lipinski definition) is 5. The van der Waals surface area contributed by atoms with Crippen LogP contribution in [0.15, 0.2) is 30.3 Å². The van der Waals surface area contributed by atoms with Crippen molar-refractivity contribution in [2.75, 3.05) is 25.5 Å². The number of amides is 1. The molecule has 0 aliphatic carbocycles. The topological polar surface area (TPSA) is 75.4 Å². The Balaban J connectivity index is 1.30. The van der Waals surface area contributed by atoms with Gasteiger partial charge in [-0.15, -0.1) is 5.10 Å². The van der Waals surface area contributed by atoms with E-state index in [1.807, 2.05) is 32.0 Å². The van der Waals surface area contributed by atoms with Crippen LogP contribution >= 0.6 is 0 Å². The third-order valence-corrected chi connectivity index (χ3v) is 6.31. The van der Waals surface area contributed by atoms with Crippen LogP contribution in [-0.4, -0.2) is 50.5 Å². The Hall–Kier alpha value is -2.80. The van der Waals surface area contributed by atoms with Crippen LogP contribution in [0.5, 0.6) is 0 Å². The zero-order valence-electron chi connectivity index (χ0n) is 18.9. The molecule has 164 valence electrons. The molecular formula is C24H32N6O. The fourth-order valence-electron chi connectivity index (χ4n) is 4.57. The van der Waals surface area contributed by atoms with Crippen LogP contribution in [-0.2, 0) is 17.6 Å². The number of nitrogens with one attached hydrogen (secondary N) is 1. The molecule has 31 heavy (non-hydrogen) atoms. The molecule has 1 aliphatic heterocycles. The second-order valence-corrected chi connectivity index (χ2v) is 9.03. The summed E-state index contributed by atoms with van der Waals surface area (Å²) in [7, 11) is 2.21. The summed E-state index contributed by atoms with van der Waals surface area (Å²) in [6.45, 7) is 8.65. The monoisotopic (exact) mass is 420 g/mol. The van der Waals surface area contributed by atoms with Crippen molar-refractivity contribution in [2.24, 2.45) is 11.8 Å². The number of nitrogens with zero attached hydrogens (tertiary/aromatic N) is 5. The molecule has 0 bridgehead atoms. The molecular weight excluding hydrogens is 388 g/mol. The molecule has 0 radical (unpaired) electrons. The highest BCUT2D eigenvalue weighted by Crippen LogP contribution is 2.27. The Morgan fingerprint density at radius 3 is 2.71 bits per heavy atom. The van der Waals surface area contributed by atoms with Gasteiger partial charge in [0.25, 0.3) is 5.78 Å². The molecule has 0 saturated carbocycles. The molecule has 7 nitrogen and oxygen atoms in total. The van der Waals surface area contributed by atoms with Gasteiger partial charge in [-0.25, -0.2) is 9.50 Å². The highest BCUT2D eigenvalue weighted by Gasteiger charge is 2.23. The third-order valence-electron chi connectivity index (χ3n) is 6.31. The maximum Gasteiger partial charge on any atom is 0.252 e. The largest absolute Gasteiger partial charge is 0.326 e. The Morgan fingerprint density at radius 1 is 1.19 bits per heavy atom. The van der Waals surface area contributed by atoms with Crippen molar-refractivity contribution >= 4 is 17.4 Å². The van der Waals surface area contributed by atoms with Gasteiger partial charge in [-0.1, -0.05) is 19.1 Å². The number of piperidine rings is 1. The van der Waals surface area contributed by atoms with Crippen LogP contribution in [0.1, 0.15) is 42.5 Å². The summed E-state index contributed by atoms with van der Waals surface area (Å²) in [4.78, 5) is 23.7. The van der Waals surface area contributed by atoms with Gasteiger partial charge in [0.05, 0.1) is 6.42 Å². The van der Waals surface area contributed by atoms with Gasteiger partial charge in [-0.2, -0.15) is 4.98 Å². The predicted octanol–water partition coefficient (Wildman–Crippen LogP) is 3.44. The van der Waals surface area contributed by atoms with Crippen LogP contribution < -0.4 is 5.32 Å². The predicted molar refractivity (Wildman–Crippen MR) is 122 cm³/mol. The second kappa shape index (κ2) is 9.14. The molecule has 2 aromatic heterocycles. The normalized spacial score (nSPS) is 19.6. The van der Waals surface area contributed by atoms with E-state index >= 15 is 0 Å². The van der Waals surface area contributed by atoms with E-state index in [9.17, 15) is 4.79 Å². The highest BCUT2D eigenvalue weighted by molar-refractivity contribution is 5.91. The van der Waals surface area contributed by atoms with E-state index in [1.165, 1.54) is 31.5 Å². The molecule has 1 N–H and O–H groups in total. The number of aryl methyl sites for hydroxylation is 3. The van der Waals surface area contributed by atoms with Gasteiger partial charge in [-0.05, 0) is 82.3 Å². The standard InChI is InChI=1S/C24H32N6O/c1-16-15-29(4)12-11-20(16)8-5-19-6-9-21(10-7-19)26-23(31)14-22-27-24-25-17(2)13-18(3)30(24)28-22/h6-7,9-10,13,16,20H,5,8,11-12,14-15H2,1-4H3,(H,26,31)/t16-,20-/m1/s1. The van der Waals surface area contributed by atoms with Crippen molar-refractivity contribution in [1.29, 1.82) is 0 Å². The molecule has 0 spiro atoms. The SMILES string of the molecule is Cc1cc(C)n2nc(CC(=O)Nc3ccc(CC[C@@H]4CCN(C)C[C@H]4C)cc3)nc2n1. The van der Waals surface area contributed by atoms with Gasteiger partial charge in [0, 0.05) is 23.6 Å². The van der Waals surface area contributed by atoms with Gasteiger partial charge in [0.1, 0.15) is 0 Å². The summed E-state index contributed by atoms with van der Waals surface area (Å²) in [5, 5.41) is 7.36. The zero-order valence-corrected chi connectivity index (χ0v) is 18.9. The first-order chi connectivity index (χ1) is 14.9. The lowest BCUT2D eigenvalue weighted by Gasteiger charge is -2.34.